The molecule has 0 bridgehead atoms. The summed E-state index contributed by atoms with van der Waals surface area (Å²) < 4.78 is 36.3. The van der Waals surface area contributed by atoms with Crippen molar-refractivity contribution in [2.45, 2.75) is 73.3 Å². The number of aromatic nitrogens is 2. The molecule has 0 radical (unpaired) electrons. The summed E-state index contributed by atoms with van der Waals surface area (Å²) in [5.74, 6) is -0.752. The minimum absolute atomic E-state index is 0.0561. The number of hydrogen-bond donors (Lipinski definition) is 1. The van der Waals surface area contributed by atoms with Crippen LogP contribution in [0.3, 0.4) is 0 Å². The molecule has 1 fully saturated rings. The van der Waals surface area contributed by atoms with Crippen LogP contribution in [0.2, 0.25) is 0 Å². The van der Waals surface area contributed by atoms with Crippen LogP contribution in [0.5, 0.6) is 0 Å². The summed E-state index contributed by atoms with van der Waals surface area (Å²) in [5.41, 5.74) is 6.39. The van der Waals surface area contributed by atoms with Gasteiger partial charge in [-0.05, 0) is 12.5 Å². The molecular weight excluding hydrogens is 509 g/mol. The zero-order valence-corrected chi connectivity index (χ0v) is 22.9. The minimum Gasteiger partial charge on any atom is -0.352 e. The van der Waals surface area contributed by atoms with Crippen molar-refractivity contribution in [1.82, 2.24) is 9.55 Å². The number of ketones is 2. The number of azide groups is 1. The number of carbonyl (C=O) groups is 2. The number of carbonyl (C=O) groups excluding carboxylic acids is 2. The minimum atomic E-state index is -4.45. The van der Waals surface area contributed by atoms with Crippen LogP contribution in [0.15, 0.2) is 20.9 Å². The van der Waals surface area contributed by atoms with Gasteiger partial charge in [0.15, 0.2) is 11.6 Å². The summed E-state index contributed by atoms with van der Waals surface area (Å²) in [6.45, 7) is 9.81. The molecule has 2 rings (SSSR count). The predicted molar refractivity (Wildman–Crippen MR) is 132 cm³/mol. The summed E-state index contributed by atoms with van der Waals surface area (Å²) >= 11 is 0. The van der Waals surface area contributed by atoms with Gasteiger partial charge in [-0.2, -0.15) is 0 Å². The van der Waals surface area contributed by atoms with E-state index in [0.29, 0.717) is 0 Å². The van der Waals surface area contributed by atoms with E-state index < -0.39 is 68.1 Å². The third kappa shape index (κ3) is 8.46. The molecule has 3 atom stereocenters. The monoisotopic (exact) mass is 543 g/mol. The SMILES string of the molecule is Cc1cn([C@@H]2C[C@@H](N=[N+]=[N-])[C@H](COP(=O)(OCC(=O)C(C)(C)C)OCC(=O)C(C)(C)C)O2)c(=O)[nH]c1=O. The highest BCUT2D eigenvalue weighted by atomic mass is 31.2. The smallest absolute Gasteiger partial charge is 0.352 e. The first kappa shape index (κ1) is 30.6. The predicted octanol–water partition coefficient (Wildman–Crippen LogP) is 3.20. The van der Waals surface area contributed by atoms with E-state index in [1.54, 1.807) is 41.5 Å². The number of phosphoric acid groups is 1. The lowest BCUT2D eigenvalue weighted by Crippen LogP contribution is -2.33. The third-order valence-electron chi connectivity index (χ3n) is 5.64. The highest BCUT2D eigenvalue weighted by Gasteiger charge is 2.40. The summed E-state index contributed by atoms with van der Waals surface area (Å²) in [6, 6.07) is -0.838. The molecule has 0 amide bonds. The topological polar surface area (TPSA) is 192 Å². The first-order valence-corrected chi connectivity index (χ1v) is 13.0. The maximum Gasteiger partial charge on any atom is 0.475 e. The molecule has 37 heavy (non-hydrogen) atoms. The molecule has 0 aromatic carbocycles. The molecule has 14 nitrogen and oxygen atoms in total. The number of aryl methyl sites for hydroxylation is 1. The number of ether oxygens (including phenoxy) is 1. The van der Waals surface area contributed by atoms with Crippen LogP contribution in [-0.4, -0.2) is 53.1 Å². The zero-order chi connectivity index (χ0) is 28.2. The van der Waals surface area contributed by atoms with Crippen LogP contribution >= 0.6 is 7.82 Å². The Labute approximate surface area is 213 Å². The molecule has 0 unspecified atom stereocenters. The highest BCUT2D eigenvalue weighted by molar-refractivity contribution is 7.48. The van der Waals surface area contributed by atoms with Gasteiger partial charge in [0.05, 0.1) is 18.8 Å². The van der Waals surface area contributed by atoms with Gasteiger partial charge in [-0.15, -0.1) is 0 Å². The molecule has 1 aliphatic heterocycles. The van der Waals surface area contributed by atoms with Gasteiger partial charge in [0.2, 0.25) is 0 Å². The molecular formula is C22H34N5O9P. The number of Topliss-reactive ketones (excluding diaryl/α,β-unsaturated/α-hetero) is 2. The Morgan fingerprint density at radius 3 is 2.16 bits per heavy atom. The van der Waals surface area contributed by atoms with E-state index in [1.165, 1.54) is 13.1 Å². The Kier molecular flexibility index (Phi) is 9.81. The van der Waals surface area contributed by atoms with Crippen LogP contribution in [0.1, 0.15) is 59.8 Å². The van der Waals surface area contributed by atoms with E-state index >= 15 is 0 Å². The molecule has 0 saturated carbocycles. The Bertz CT molecular complexity index is 1190. The largest absolute Gasteiger partial charge is 0.475 e. The number of hydrogen-bond acceptors (Lipinski definition) is 10. The van der Waals surface area contributed by atoms with Gasteiger partial charge in [-0.25, -0.2) is 9.36 Å². The molecule has 2 heterocycles. The summed E-state index contributed by atoms with van der Waals surface area (Å²) in [4.78, 5) is 53.6. The normalized spacial score (nSPS) is 20.5. The molecule has 1 aliphatic rings. The summed E-state index contributed by atoms with van der Waals surface area (Å²) in [7, 11) is -4.45. The second-order valence-corrected chi connectivity index (χ2v) is 12.4. The van der Waals surface area contributed by atoms with Crippen molar-refractivity contribution < 1.29 is 32.5 Å². The Morgan fingerprint density at radius 1 is 1.14 bits per heavy atom. The average Bonchev–Trinajstić information content (AvgIpc) is 3.18. The molecule has 15 heteroatoms. The van der Waals surface area contributed by atoms with Crippen LogP contribution in [0.4, 0.5) is 0 Å². The fraction of sp³-hybridized carbons (Fsp3) is 0.727. The first-order chi connectivity index (χ1) is 17.0. The number of nitrogens with zero attached hydrogens (tertiary/aromatic N) is 4. The molecule has 206 valence electrons. The van der Waals surface area contributed by atoms with E-state index in [2.05, 4.69) is 15.0 Å². The summed E-state index contributed by atoms with van der Waals surface area (Å²) in [5, 5.41) is 3.67. The number of rotatable bonds is 11. The Balaban J connectivity index is 2.22. The van der Waals surface area contributed by atoms with Gasteiger partial charge in [0.1, 0.15) is 19.4 Å². The van der Waals surface area contributed by atoms with E-state index in [1.807, 2.05) is 0 Å². The number of aromatic amines is 1. The third-order valence-corrected chi connectivity index (χ3v) is 6.99. The average molecular weight is 544 g/mol. The molecule has 1 aromatic rings. The van der Waals surface area contributed by atoms with E-state index in [0.717, 1.165) is 4.57 Å². The number of H-pyrrole nitrogens is 1. The van der Waals surface area contributed by atoms with Gasteiger partial charge in [-0.1, -0.05) is 46.7 Å². The lowest BCUT2D eigenvalue weighted by atomic mass is 9.91. The van der Waals surface area contributed by atoms with Gasteiger partial charge >= 0.3 is 13.5 Å². The zero-order valence-electron chi connectivity index (χ0n) is 22.0. The van der Waals surface area contributed by atoms with Crippen LogP contribution in [0.25, 0.3) is 10.4 Å². The van der Waals surface area contributed by atoms with E-state index in [9.17, 15) is 23.7 Å². The Morgan fingerprint density at radius 2 is 1.68 bits per heavy atom. The standard InChI is InChI=1S/C22H34N5O9P/c1-13-9-27(20(31)24-19(13)30)18-8-14(25-26-23)15(36-18)10-33-37(32,34-11-16(28)21(2,3)4)35-12-17(29)22(5,6)7/h9,14-15,18H,8,10-12H2,1-7H3,(H,24,30,31)/t14-,15+,18+/m1/s1. The molecule has 0 aliphatic carbocycles. The Hall–Kier alpha value is -2.60. The van der Waals surface area contributed by atoms with Crippen molar-refractivity contribution in [2.24, 2.45) is 15.9 Å². The molecule has 1 N–H and O–H groups in total. The fourth-order valence-electron chi connectivity index (χ4n) is 3.01. The highest BCUT2D eigenvalue weighted by Crippen LogP contribution is 2.50. The maximum absolute atomic E-state index is 13.4. The van der Waals surface area contributed by atoms with Crippen LogP contribution in [0, 0.1) is 17.8 Å². The van der Waals surface area contributed by atoms with Crippen LogP contribution < -0.4 is 11.2 Å². The number of phosphoric ester groups is 1. The van der Waals surface area contributed by atoms with Gasteiger partial charge in [0, 0.05) is 33.9 Å². The quantitative estimate of drug-likeness (QED) is 0.189. The van der Waals surface area contributed by atoms with E-state index in [4.69, 9.17) is 23.8 Å². The second kappa shape index (κ2) is 11.8. The molecule has 1 saturated heterocycles. The van der Waals surface area contributed by atoms with Crippen molar-refractivity contribution in [3.63, 3.8) is 0 Å². The van der Waals surface area contributed by atoms with Crippen molar-refractivity contribution in [1.29, 1.82) is 0 Å². The fourth-order valence-corrected chi connectivity index (χ4v) is 4.11. The molecule has 1 aromatic heterocycles. The van der Waals surface area contributed by atoms with Crippen LogP contribution in [-0.2, 0) is 32.5 Å². The lowest BCUT2D eigenvalue weighted by molar-refractivity contribution is -0.130. The first-order valence-electron chi connectivity index (χ1n) is 11.6. The number of nitrogens with one attached hydrogen (secondary N) is 1. The van der Waals surface area contributed by atoms with Crippen molar-refractivity contribution in [3.8, 4) is 0 Å². The van der Waals surface area contributed by atoms with Gasteiger partial charge < -0.3 is 4.74 Å². The summed E-state index contributed by atoms with van der Waals surface area (Å²) in [6.07, 6.45) is -0.536. The maximum atomic E-state index is 13.4. The van der Waals surface area contributed by atoms with E-state index in [-0.39, 0.29) is 23.6 Å². The second-order valence-electron chi connectivity index (χ2n) is 10.8. The lowest BCUT2D eigenvalue weighted by Gasteiger charge is -2.24. The van der Waals surface area contributed by atoms with Gasteiger partial charge in [-0.3, -0.25) is 37.5 Å². The van der Waals surface area contributed by atoms with Crippen molar-refractivity contribution in [2.75, 3.05) is 19.8 Å². The van der Waals surface area contributed by atoms with Crippen molar-refractivity contribution >= 4 is 19.4 Å². The molecule has 0 spiro atoms. The van der Waals surface area contributed by atoms with Gasteiger partial charge in [0.25, 0.3) is 5.56 Å². The van der Waals surface area contributed by atoms with Crippen molar-refractivity contribution in [3.05, 3.63) is 43.0 Å².